The molecule has 0 amide bonds. The standard InChI is InChI=1S/C19H26N4OS/c1-15-7-8-18(25-15)14-21-19(20-2)23-11-9-22(10-12-23)16-5-4-6-17(13-16)24-3/h4-8,13H,9-12,14H2,1-3H3,(H,20,21). The van der Waals surface area contributed by atoms with Crippen LogP contribution >= 0.6 is 11.3 Å². The number of hydrogen-bond donors (Lipinski definition) is 1. The molecule has 2 heterocycles. The van der Waals surface area contributed by atoms with E-state index in [1.165, 1.54) is 15.4 Å². The van der Waals surface area contributed by atoms with Crippen LogP contribution in [0.3, 0.4) is 0 Å². The van der Waals surface area contributed by atoms with Crippen molar-refractivity contribution in [1.82, 2.24) is 10.2 Å². The Bertz CT molecular complexity index is 720. The number of benzene rings is 1. The lowest BCUT2D eigenvalue weighted by Crippen LogP contribution is -2.52. The van der Waals surface area contributed by atoms with Gasteiger partial charge in [-0.2, -0.15) is 0 Å². The van der Waals surface area contributed by atoms with Gasteiger partial charge in [0.1, 0.15) is 5.75 Å². The summed E-state index contributed by atoms with van der Waals surface area (Å²) in [5.74, 6) is 1.89. The van der Waals surface area contributed by atoms with Crippen molar-refractivity contribution in [2.75, 3.05) is 45.2 Å². The van der Waals surface area contributed by atoms with Gasteiger partial charge in [0, 0.05) is 54.7 Å². The summed E-state index contributed by atoms with van der Waals surface area (Å²) in [6.07, 6.45) is 0. The number of aryl methyl sites for hydroxylation is 1. The lowest BCUT2D eigenvalue weighted by molar-refractivity contribution is 0.372. The number of anilines is 1. The molecule has 0 bridgehead atoms. The zero-order valence-corrected chi connectivity index (χ0v) is 16.0. The maximum Gasteiger partial charge on any atom is 0.194 e. The van der Waals surface area contributed by atoms with E-state index in [4.69, 9.17) is 4.74 Å². The molecular weight excluding hydrogens is 332 g/mol. The number of nitrogens with one attached hydrogen (secondary N) is 1. The van der Waals surface area contributed by atoms with E-state index in [1.54, 1.807) is 7.11 Å². The van der Waals surface area contributed by atoms with Crippen LogP contribution in [0.5, 0.6) is 5.75 Å². The first kappa shape index (κ1) is 17.6. The minimum absolute atomic E-state index is 0.835. The summed E-state index contributed by atoms with van der Waals surface area (Å²) < 4.78 is 5.33. The van der Waals surface area contributed by atoms with Gasteiger partial charge in [-0.1, -0.05) is 6.07 Å². The SMILES string of the molecule is CN=C(NCc1ccc(C)s1)N1CCN(c2cccc(OC)c2)CC1. The molecule has 1 aliphatic rings. The highest BCUT2D eigenvalue weighted by molar-refractivity contribution is 7.11. The number of guanidine groups is 1. The third kappa shape index (κ3) is 4.45. The highest BCUT2D eigenvalue weighted by Crippen LogP contribution is 2.22. The molecule has 1 saturated heterocycles. The maximum absolute atomic E-state index is 5.33. The number of aliphatic imine (C=N–C) groups is 1. The predicted octanol–water partition coefficient (Wildman–Crippen LogP) is 2.96. The highest BCUT2D eigenvalue weighted by atomic mass is 32.1. The molecule has 0 aliphatic carbocycles. The number of nitrogens with zero attached hydrogens (tertiary/aromatic N) is 3. The Morgan fingerprint density at radius 1 is 1.20 bits per heavy atom. The fourth-order valence-corrected chi connectivity index (χ4v) is 3.89. The number of methoxy groups -OCH3 is 1. The third-order valence-electron chi connectivity index (χ3n) is 4.43. The molecule has 2 aromatic rings. The Morgan fingerprint density at radius 2 is 2.00 bits per heavy atom. The largest absolute Gasteiger partial charge is 0.497 e. The van der Waals surface area contributed by atoms with Crippen molar-refractivity contribution in [1.29, 1.82) is 0 Å². The molecule has 0 spiro atoms. The molecule has 25 heavy (non-hydrogen) atoms. The van der Waals surface area contributed by atoms with Crippen LogP contribution in [0.1, 0.15) is 9.75 Å². The summed E-state index contributed by atoms with van der Waals surface area (Å²) in [7, 11) is 3.57. The van der Waals surface area contributed by atoms with Crippen LogP contribution in [-0.2, 0) is 6.54 Å². The Kier molecular flexibility index (Phi) is 5.81. The monoisotopic (exact) mass is 358 g/mol. The summed E-state index contributed by atoms with van der Waals surface area (Å²) >= 11 is 1.83. The zero-order valence-electron chi connectivity index (χ0n) is 15.2. The molecule has 0 atom stereocenters. The van der Waals surface area contributed by atoms with Crippen molar-refractivity contribution in [3.63, 3.8) is 0 Å². The van der Waals surface area contributed by atoms with Crippen LogP contribution in [0, 0.1) is 6.92 Å². The summed E-state index contributed by atoms with van der Waals surface area (Å²) in [6.45, 7) is 6.85. The van der Waals surface area contributed by atoms with Crippen LogP contribution in [0.15, 0.2) is 41.4 Å². The van der Waals surface area contributed by atoms with Crippen LogP contribution in [-0.4, -0.2) is 51.2 Å². The molecule has 6 heteroatoms. The second-order valence-corrected chi connectivity index (χ2v) is 7.46. The van der Waals surface area contributed by atoms with Gasteiger partial charge in [-0.05, 0) is 31.2 Å². The van der Waals surface area contributed by atoms with Crippen molar-refractivity contribution in [2.45, 2.75) is 13.5 Å². The van der Waals surface area contributed by atoms with Gasteiger partial charge < -0.3 is 19.9 Å². The number of ether oxygens (including phenoxy) is 1. The Labute approximate surface area is 153 Å². The van der Waals surface area contributed by atoms with E-state index in [2.05, 4.69) is 51.3 Å². The first-order chi connectivity index (χ1) is 12.2. The van der Waals surface area contributed by atoms with Gasteiger partial charge in [-0.15, -0.1) is 11.3 Å². The zero-order chi connectivity index (χ0) is 17.6. The lowest BCUT2D eigenvalue weighted by Gasteiger charge is -2.37. The molecule has 1 aromatic heterocycles. The molecule has 3 rings (SSSR count). The number of piperazine rings is 1. The smallest absolute Gasteiger partial charge is 0.194 e. The first-order valence-electron chi connectivity index (χ1n) is 8.59. The minimum atomic E-state index is 0.835. The van der Waals surface area contributed by atoms with Crippen molar-refractivity contribution in [3.05, 3.63) is 46.2 Å². The van der Waals surface area contributed by atoms with Crippen LogP contribution in [0.25, 0.3) is 0 Å². The predicted molar refractivity (Wildman–Crippen MR) is 106 cm³/mol. The average molecular weight is 359 g/mol. The van der Waals surface area contributed by atoms with E-state index >= 15 is 0 Å². The third-order valence-corrected chi connectivity index (χ3v) is 5.43. The molecule has 1 fully saturated rings. The van der Waals surface area contributed by atoms with E-state index in [1.807, 2.05) is 30.5 Å². The number of rotatable bonds is 4. The quantitative estimate of drug-likeness (QED) is 0.674. The van der Waals surface area contributed by atoms with Gasteiger partial charge >= 0.3 is 0 Å². The molecule has 0 saturated carbocycles. The Hall–Kier alpha value is -2.21. The van der Waals surface area contributed by atoms with Crippen molar-refractivity contribution < 1.29 is 4.74 Å². The van der Waals surface area contributed by atoms with E-state index in [9.17, 15) is 0 Å². The van der Waals surface area contributed by atoms with E-state index in [-0.39, 0.29) is 0 Å². The first-order valence-corrected chi connectivity index (χ1v) is 9.41. The average Bonchev–Trinajstić information content (AvgIpc) is 3.08. The Morgan fingerprint density at radius 3 is 2.64 bits per heavy atom. The van der Waals surface area contributed by atoms with Crippen LogP contribution in [0.2, 0.25) is 0 Å². The van der Waals surface area contributed by atoms with E-state index in [0.29, 0.717) is 0 Å². The van der Waals surface area contributed by atoms with Gasteiger partial charge in [-0.3, -0.25) is 4.99 Å². The van der Waals surface area contributed by atoms with Gasteiger partial charge in [0.15, 0.2) is 5.96 Å². The van der Waals surface area contributed by atoms with Gasteiger partial charge in [0.05, 0.1) is 13.7 Å². The molecule has 1 aliphatic heterocycles. The van der Waals surface area contributed by atoms with Gasteiger partial charge in [0.25, 0.3) is 0 Å². The fourth-order valence-electron chi connectivity index (χ4n) is 3.06. The molecule has 1 N–H and O–H groups in total. The second-order valence-electron chi connectivity index (χ2n) is 6.09. The summed E-state index contributed by atoms with van der Waals surface area (Å²) in [6, 6.07) is 12.6. The van der Waals surface area contributed by atoms with E-state index in [0.717, 1.165) is 44.4 Å². The molecule has 134 valence electrons. The van der Waals surface area contributed by atoms with Crippen molar-refractivity contribution in [2.24, 2.45) is 4.99 Å². The summed E-state index contributed by atoms with van der Waals surface area (Å²) in [5.41, 5.74) is 1.22. The number of hydrogen-bond acceptors (Lipinski definition) is 4. The topological polar surface area (TPSA) is 40.1 Å². The maximum atomic E-state index is 5.33. The number of thiophene rings is 1. The van der Waals surface area contributed by atoms with Crippen molar-refractivity contribution >= 4 is 23.0 Å². The highest BCUT2D eigenvalue weighted by Gasteiger charge is 2.20. The van der Waals surface area contributed by atoms with Crippen LogP contribution in [0.4, 0.5) is 5.69 Å². The molecule has 0 unspecified atom stereocenters. The Balaban J connectivity index is 1.54. The van der Waals surface area contributed by atoms with E-state index < -0.39 is 0 Å². The summed E-state index contributed by atoms with van der Waals surface area (Å²) in [5, 5.41) is 3.49. The summed E-state index contributed by atoms with van der Waals surface area (Å²) in [4.78, 5) is 11.9. The van der Waals surface area contributed by atoms with Crippen molar-refractivity contribution in [3.8, 4) is 5.75 Å². The normalized spacial score (nSPS) is 15.4. The van der Waals surface area contributed by atoms with Gasteiger partial charge in [0.2, 0.25) is 0 Å². The molecular formula is C19H26N4OS. The molecule has 1 aromatic carbocycles. The molecule has 0 radical (unpaired) electrons. The lowest BCUT2D eigenvalue weighted by atomic mass is 10.2. The minimum Gasteiger partial charge on any atom is -0.497 e. The second kappa shape index (κ2) is 8.25. The van der Waals surface area contributed by atoms with Crippen LogP contribution < -0.4 is 15.0 Å². The fraction of sp³-hybridized carbons (Fsp3) is 0.421. The van der Waals surface area contributed by atoms with Gasteiger partial charge in [-0.25, -0.2) is 0 Å². The molecule has 5 nitrogen and oxygen atoms in total.